The van der Waals surface area contributed by atoms with Crippen LogP contribution in [0.3, 0.4) is 0 Å². The molecule has 1 aromatic carbocycles. The summed E-state index contributed by atoms with van der Waals surface area (Å²) in [6.45, 7) is 3.55. The molecule has 5 nitrogen and oxygen atoms in total. The molecule has 0 unspecified atom stereocenters. The van der Waals surface area contributed by atoms with Crippen molar-refractivity contribution in [3.63, 3.8) is 0 Å². The molecule has 0 aliphatic carbocycles. The Hall–Kier alpha value is -2.28. The zero-order valence-electron chi connectivity index (χ0n) is 13.4. The van der Waals surface area contributed by atoms with Gasteiger partial charge in [-0.3, -0.25) is 4.79 Å². The summed E-state index contributed by atoms with van der Waals surface area (Å²) in [7, 11) is 0. The number of amides is 1. The molecular formula is C17H18F2N2O3. The minimum absolute atomic E-state index is 0.0750. The number of nitrogens with zero attached hydrogens (tertiary/aromatic N) is 2. The first-order valence-electron chi connectivity index (χ1n) is 7.71. The van der Waals surface area contributed by atoms with Crippen molar-refractivity contribution in [3.05, 3.63) is 52.4 Å². The monoisotopic (exact) mass is 336 g/mol. The van der Waals surface area contributed by atoms with E-state index in [1.54, 1.807) is 13.0 Å². The van der Waals surface area contributed by atoms with Gasteiger partial charge in [-0.25, -0.2) is 8.78 Å². The number of carbonyl (C=O) groups is 1. The summed E-state index contributed by atoms with van der Waals surface area (Å²) in [5.41, 5.74) is 0.563. The van der Waals surface area contributed by atoms with Crippen molar-refractivity contribution in [3.8, 4) is 0 Å². The Kier molecular flexibility index (Phi) is 4.36. The van der Waals surface area contributed by atoms with Gasteiger partial charge in [0.15, 0.2) is 11.6 Å². The molecule has 2 aromatic rings. The maximum atomic E-state index is 14.0. The third-order valence-corrected chi connectivity index (χ3v) is 4.34. The Morgan fingerprint density at radius 1 is 1.33 bits per heavy atom. The standard InChI is InChI=1S/C17H18F2N2O3/c1-9-3-4-13(16(19)15(9)18)17(23)21-7-11(14(22)8-21)6-12-5-10(2)20-24-12/h3-5,11,14,22H,6-8H2,1-2H3/t11-,14+/m1/s1. The quantitative estimate of drug-likeness (QED) is 0.933. The molecule has 1 aliphatic heterocycles. The summed E-state index contributed by atoms with van der Waals surface area (Å²) in [5, 5.41) is 14.0. The number of carbonyl (C=O) groups excluding carboxylic acids is 1. The van der Waals surface area contributed by atoms with E-state index in [1.165, 1.54) is 24.0 Å². The van der Waals surface area contributed by atoms with Crippen LogP contribution >= 0.6 is 0 Å². The molecule has 7 heteroatoms. The van der Waals surface area contributed by atoms with Crippen molar-refractivity contribution in [1.82, 2.24) is 10.1 Å². The van der Waals surface area contributed by atoms with E-state index >= 15 is 0 Å². The summed E-state index contributed by atoms with van der Waals surface area (Å²) in [4.78, 5) is 13.8. The van der Waals surface area contributed by atoms with Crippen LogP contribution in [0, 0.1) is 31.4 Å². The molecule has 0 spiro atoms. The number of aromatic nitrogens is 1. The number of likely N-dealkylation sites (tertiary alicyclic amines) is 1. The van der Waals surface area contributed by atoms with Gasteiger partial charge in [-0.15, -0.1) is 0 Å². The van der Waals surface area contributed by atoms with Crippen LogP contribution in [0.5, 0.6) is 0 Å². The van der Waals surface area contributed by atoms with Crippen molar-refractivity contribution in [1.29, 1.82) is 0 Å². The van der Waals surface area contributed by atoms with E-state index in [9.17, 15) is 18.7 Å². The number of rotatable bonds is 3. The lowest BCUT2D eigenvalue weighted by molar-refractivity contribution is 0.0759. The van der Waals surface area contributed by atoms with Crippen LogP contribution in [0.1, 0.15) is 27.4 Å². The molecule has 0 radical (unpaired) electrons. The van der Waals surface area contributed by atoms with E-state index in [0.29, 0.717) is 12.2 Å². The maximum Gasteiger partial charge on any atom is 0.257 e. The zero-order chi connectivity index (χ0) is 17.4. The van der Waals surface area contributed by atoms with Crippen LogP contribution in [-0.2, 0) is 6.42 Å². The van der Waals surface area contributed by atoms with E-state index in [2.05, 4.69) is 5.16 Å². The van der Waals surface area contributed by atoms with Crippen molar-refractivity contribution in [2.75, 3.05) is 13.1 Å². The minimum atomic E-state index is -1.15. The van der Waals surface area contributed by atoms with Crippen LogP contribution < -0.4 is 0 Å². The molecule has 1 aromatic heterocycles. The number of aryl methyl sites for hydroxylation is 2. The Morgan fingerprint density at radius 3 is 2.75 bits per heavy atom. The van der Waals surface area contributed by atoms with Crippen molar-refractivity contribution >= 4 is 5.91 Å². The number of halogens is 2. The molecule has 2 atom stereocenters. The fourth-order valence-electron chi connectivity index (χ4n) is 2.97. The minimum Gasteiger partial charge on any atom is -0.391 e. The lowest BCUT2D eigenvalue weighted by Gasteiger charge is -2.17. The molecule has 1 aliphatic rings. The van der Waals surface area contributed by atoms with Crippen LogP contribution in [0.2, 0.25) is 0 Å². The largest absolute Gasteiger partial charge is 0.391 e. The normalized spacial score (nSPS) is 20.6. The summed E-state index contributed by atoms with van der Waals surface area (Å²) in [5.74, 6) is -2.40. The van der Waals surface area contributed by atoms with Crippen LogP contribution in [0.25, 0.3) is 0 Å². The van der Waals surface area contributed by atoms with E-state index in [0.717, 1.165) is 5.69 Å². The van der Waals surface area contributed by atoms with Crippen molar-refractivity contribution < 1.29 is 23.2 Å². The highest BCUT2D eigenvalue weighted by Crippen LogP contribution is 2.25. The summed E-state index contributed by atoms with van der Waals surface area (Å²) in [6.07, 6.45) is -0.325. The molecule has 0 saturated carbocycles. The van der Waals surface area contributed by atoms with Gasteiger partial charge in [0, 0.05) is 31.5 Å². The molecule has 3 rings (SSSR count). The van der Waals surface area contributed by atoms with E-state index in [-0.39, 0.29) is 30.1 Å². The zero-order valence-corrected chi connectivity index (χ0v) is 13.4. The summed E-state index contributed by atoms with van der Waals surface area (Å²) in [6, 6.07) is 4.41. The number of aliphatic hydroxyl groups is 1. The smallest absolute Gasteiger partial charge is 0.257 e. The van der Waals surface area contributed by atoms with Crippen LogP contribution in [0.4, 0.5) is 8.78 Å². The number of aliphatic hydroxyl groups excluding tert-OH is 1. The third-order valence-electron chi connectivity index (χ3n) is 4.34. The van der Waals surface area contributed by atoms with Gasteiger partial charge in [0.25, 0.3) is 5.91 Å². The average molecular weight is 336 g/mol. The third kappa shape index (κ3) is 3.03. The molecule has 1 saturated heterocycles. The van der Waals surface area contributed by atoms with Crippen molar-refractivity contribution in [2.24, 2.45) is 5.92 Å². The molecule has 1 fully saturated rings. The highest BCUT2D eigenvalue weighted by atomic mass is 19.2. The Labute approximate surface area is 137 Å². The first-order chi connectivity index (χ1) is 11.4. The molecule has 1 amide bonds. The highest BCUT2D eigenvalue weighted by Gasteiger charge is 2.36. The number of β-amino-alcohol motifs (C(OH)–C–C–N with tert-alkyl or cyclic N) is 1. The molecule has 1 N–H and O–H groups in total. The van der Waals surface area contributed by atoms with Crippen LogP contribution in [0.15, 0.2) is 22.7 Å². The first kappa shape index (κ1) is 16.6. The maximum absolute atomic E-state index is 14.0. The lowest BCUT2D eigenvalue weighted by Crippen LogP contribution is -2.30. The second-order valence-electron chi connectivity index (χ2n) is 6.23. The number of benzene rings is 1. The van der Waals surface area contributed by atoms with Gasteiger partial charge >= 0.3 is 0 Å². The van der Waals surface area contributed by atoms with Gasteiger partial charge in [-0.2, -0.15) is 0 Å². The Bertz CT molecular complexity index is 775. The second-order valence-corrected chi connectivity index (χ2v) is 6.23. The predicted molar refractivity (Wildman–Crippen MR) is 81.4 cm³/mol. The summed E-state index contributed by atoms with van der Waals surface area (Å²) >= 11 is 0. The number of hydrogen-bond acceptors (Lipinski definition) is 4. The molecule has 0 bridgehead atoms. The lowest BCUT2D eigenvalue weighted by atomic mass is 10.0. The van der Waals surface area contributed by atoms with E-state index in [1.807, 2.05) is 0 Å². The fraction of sp³-hybridized carbons (Fsp3) is 0.412. The SMILES string of the molecule is Cc1cc(C[C@@H]2CN(C(=O)c3ccc(C)c(F)c3F)C[C@@H]2O)on1. The van der Waals surface area contributed by atoms with Crippen LogP contribution in [-0.4, -0.2) is 40.3 Å². The number of hydrogen-bond donors (Lipinski definition) is 1. The van der Waals surface area contributed by atoms with Gasteiger partial charge < -0.3 is 14.5 Å². The van der Waals surface area contributed by atoms with E-state index in [4.69, 9.17) is 4.52 Å². The predicted octanol–water partition coefficient (Wildman–Crippen LogP) is 2.25. The molecule has 24 heavy (non-hydrogen) atoms. The molecular weight excluding hydrogens is 318 g/mol. The topological polar surface area (TPSA) is 66.6 Å². The van der Waals surface area contributed by atoms with Gasteiger partial charge in [-0.1, -0.05) is 11.2 Å². The van der Waals surface area contributed by atoms with E-state index < -0.39 is 23.6 Å². The Morgan fingerprint density at radius 2 is 2.08 bits per heavy atom. The summed E-state index contributed by atoms with van der Waals surface area (Å²) < 4.78 is 32.8. The van der Waals surface area contributed by atoms with Gasteiger partial charge in [0.05, 0.1) is 17.4 Å². The van der Waals surface area contributed by atoms with Gasteiger partial charge in [-0.05, 0) is 25.5 Å². The van der Waals surface area contributed by atoms with Crippen molar-refractivity contribution in [2.45, 2.75) is 26.4 Å². The van der Waals surface area contributed by atoms with Gasteiger partial charge in [0.1, 0.15) is 5.76 Å². The first-order valence-corrected chi connectivity index (χ1v) is 7.71. The highest BCUT2D eigenvalue weighted by molar-refractivity contribution is 5.94. The average Bonchev–Trinajstić information content (AvgIpc) is 3.11. The second kappa shape index (κ2) is 6.32. The fourth-order valence-corrected chi connectivity index (χ4v) is 2.97. The van der Waals surface area contributed by atoms with Gasteiger partial charge in [0.2, 0.25) is 0 Å². The molecule has 2 heterocycles. The Balaban J connectivity index is 1.74. The molecule has 128 valence electrons.